The fourth-order valence-electron chi connectivity index (χ4n) is 1.21. The lowest BCUT2D eigenvalue weighted by Crippen LogP contribution is -2.21. The van der Waals surface area contributed by atoms with Gasteiger partial charge in [0.2, 0.25) is 0 Å². The average Bonchev–Trinajstić information content (AvgIpc) is 2.62. The van der Waals surface area contributed by atoms with Crippen molar-refractivity contribution in [1.82, 2.24) is 0 Å². The van der Waals surface area contributed by atoms with E-state index in [0.717, 1.165) is 0 Å². The zero-order valence-electron chi connectivity index (χ0n) is 9.80. The summed E-state index contributed by atoms with van der Waals surface area (Å²) in [6.07, 6.45) is -4.43. The zero-order chi connectivity index (χ0) is 14.6. The minimum Gasteiger partial charge on any atom is -0.462 e. The summed E-state index contributed by atoms with van der Waals surface area (Å²) < 4.78 is 41.0. The van der Waals surface area contributed by atoms with Crippen molar-refractivity contribution in [3.05, 3.63) is 10.4 Å². The molecule has 0 aliphatic rings. The number of esters is 1. The van der Waals surface area contributed by atoms with Crippen LogP contribution in [0.3, 0.4) is 0 Å². The first-order chi connectivity index (χ1) is 8.80. The van der Waals surface area contributed by atoms with Crippen molar-refractivity contribution in [3.8, 4) is 6.07 Å². The second kappa shape index (κ2) is 5.79. The number of hydrogen-bond donors (Lipinski definition) is 2. The van der Waals surface area contributed by atoms with E-state index in [0.29, 0.717) is 11.3 Å². The highest BCUT2D eigenvalue weighted by atomic mass is 32.1. The highest BCUT2D eigenvalue weighted by Gasteiger charge is 2.29. The molecule has 0 fully saturated rings. The van der Waals surface area contributed by atoms with Gasteiger partial charge in [0, 0.05) is 0 Å². The number of nitrogens with zero attached hydrogens (tertiary/aromatic N) is 1. The number of nitrogens with one attached hydrogen (secondary N) is 1. The number of carbonyl (C=O) groups is 1. The van der Waals surface area contributed by atoms with E-state index in [1.165, 1.54) is 0 Å². The van der Waals surface area contributed by atoms with E-state index < -0.39 is 18.7 Å². The summed E-state index contributed by atoms with van der Waals surface area (Å²) in [7, 11) is 0. The molecule has 19 heavy (non-hydrogen) atoms. The number of hydrogen-bond acceptors (Lipinski definition) is 6. The number of halogens is 3. The summed E-state index contributed by atoms with van der Waals surface area (Å²) in [6.45, 7) is 0.364. The number of thiophene rings is 1. The summed E-state index contributed by atoms with van der Waals surface area (Å²) in [6, 6.07) is 1.67. The Morgan fingerprint density at radius 1 is 1.58 bits per heavy atom. The highest BCUT2D eigenvalue weighted by molar-refractivity contribution is 7.18. The number of nitrogen functional groups attached to an aromatic ring is 1. The summed E-state index contributed by atoms with van der Waals surface area (Å²) in [5.74, 6) is -0.762. The lowest BCUT2D eigenvalue weighted by Gasteiger charge is -2.07. The van der Waals surface area contributed by atoms with Gasteiger partial charge in [0.25, 0.3) is 0 Å². The number of alkyl halides is 3. The van der Waals surface area contributed by atoms with Crippen molar-refractivity contribution in [3.63, 3.8) is 0 Å². The van der Waals surface area contributed by atoms with Crippen LogP contribution in [0.1, 0.15) is 22.2 Å². The van der Waals surface area contributed by atoms with Crippen LogP contribution in [0.15, 0.2) is 0 Å². The normalized spacial score (nSPS) is 10.9. The van der Waals surface area contributed by atoms with Crippen LogP contribution in [0.4, 0.5) is 23.9 Å². The molecule has 5 nitrogen and oxygen atoms in total. The number of anilines is 2. The molecule has 104 valence electrons. The van der Waals surface area contributed by atoms with Gasteiger partial charge in [0.05, 0.1) is 12.3 Å². The van der Waals surface area contributed by atoms with Gasteiger partial charge in [-0.3, -0.25) is 0 Å². The van der Waals surface area contributed by atoms with Crippen molar-refractivity contribution in [1.29, 1.82) is 5.26 Å². The molecule has 1 rings (SSSR count). The molecule has 0 unspecified atom stereocenters. The van der Waals surface area contributed by atoms with Crippen LogP contribution in [0.2, 0.25) is 0 Å². The summed E-state index contributed by atoms with van der Waals surface area (Å²) in [4.78, 5) is 11.4. The van der Waals surface area contributed by atoms with Crippen LogP contribution in [-0.2, 0) is 4.74 Å². The second-order valence-electron chi connectivity index (χ2n) is 3.35. The van der Waals surface area contributed by atoms with Gasteiger partial charge in [-0.15, -0.1) is 11.3 Å². The monoisotopic (exact) mass is 293 g/mol. The van der Waals surface area contributed by atoms with E-state index in [4.69, 9.17) is 15.7 Å². The molecule has 0 radical (unpaired) electrons. The predicted octanol–water partition coefficient (Wildman–Crippen LogP) is 2.35. The zero-order valence-corrected chi connectivity index (χ0v) is 10.6. The molecule has 1 aromatic heterocycles. The van der Waals surface area contributed by atoms with E-state index in [-0.39, 0.29) is 27.7 Å². The summed E-state index contributed by atoms with van der Waals surface area (Å²) in [5.41, 5.74) is 5.20. The van der Waals surface area contributed by atoms with Crippen LogP contribution < -0.4 is 11.1 Å². The number of carbonyl (C=O) groups excluding carboxylic acids is 1. The van der Waals surface area contributed by atoms with E-state index in [9.17, 15) is 18.0 Å². The molecule has 0 aliphatic carbocycles. The molecule has 3 N–H and O–H groups in total. The molecular formula is C10H10F3N3O2S. The van der Waals surface area contributed by atoms with Gasteiger partial charge in [0.1, 0.15) is 28.1 Å². The van der Waals surface area contributed by atoms with Gasteiger partial charge in [-0.05, 0) is 6.92 Å². The van der Waals surface area contributed by atoms with Crippen LogP contribution in [0, 0.1) is 11.3 Å². The van der Waals surface area contributed by atoms with Gasteiger partial charge in [0.15, 0.2) is 0 Å². The van der Waals surface area contributed by atoms with Crippen LogP contribution in [0.5, 0.6) is 0 Å². The minimum atomic E-state index is -4.43. The largest absolute Gasteiger partial charge is 0.462 e. The Hall–Kier alpha value is -1.95. The van der Waals surface area contributed by atoms with E-state index in [2.05, 4.69) is 0 Å². The molecule has 9 heteroatoms. The molecule has 0 bridgehead atoms. The van der Waals surface area contributed by atoms with Crippen LogP contribution in [0.25, 0.3) is 0 Å². The standard InChI is InChI=1S/C10H10F3N3O2S/c1-2-18-9(17)7-6(15)5(3-14)8(19-7)16-4-10(11,12)13/h16H,2,4,15H2,1H3. The molecule has 0 atom stereocenters. The molecule has 0 aliphatic heterocycles. The Bertz CT molecular complexity index is 519. The molecule has 0 saturated carbocycles. The maximum atomic E-state index is 12.1. The third-order valence-corrected chi connectivity index (χ3v) is 3.11. The second-order valence-corrected chi connectivity index (χ2v) is 4.37. The molecule has 0 aromatic carbocycles. The van der Waals surface area contributed by atoms with E-state index in [1.54, 1.807) is 13.0 Å². The molecule has 0 amide bonds. The topological polar surface area (TPSA) is 88.1 Å². The Morgan fingerprint density at radius 3 is 2.68 bits per heavy atom. The molecule has 1 heterocycles. The molecule has 0 spiro atoms. The van der Waals surface area contributed by atoms with E-state index >= 15 is 0 Å². The lowest BCUT2D eigenvalue weighted by atomic mass is 10.2. The van der Waals surface area contributed by atoms with Crippen molar-refractivity contribution in [2.24, 2.45) is 0 Å². The van der Waals surface area contributed by atoms with Gasteiger partial charge in [-0.2, -0.15) is 18.4 Å². The fraction of sp³-hybridized carbons (Fsp3) is 0.400. The summed E-state index contributed by atoms with van der Waals surface area (Å²) >= 11 is 0.666. The van der Waals surface area contributed by atoms with Gasteiger partial charge in [-0.25, -0.2) is 4.79 Å². The third kappa shape index (κ3) is 3.75. The van der Waals surface area contributed by atoms with E-state index in [1.807, 2.05) is 5.32 Å². The summed E-state index contributed by atoms with van der Waals surface area (Å²) in [5, 5.41) is 10.8. The van der Waals surface area contributed by atoms with Gasteiger partial charge < -0.3 is 15.8 Å². The first-order valence-electron chi connectivity index (χ1n) is 5.10. The van der Waals surface area contributed by atoms with Crippen LogP contribution in [-0.4, -0.2) is 25.3 Å². The first kappa shape index (κ1) is 15.1. The van der Waals surface area contributed by atoms with Crippen molar-refractivity contribution >= 4 is 28.0 Å². The fourth-order valence-corrected chi connectivity index (χ4v) is 2.17. The molecular weight excluding hydrogens is 283 g/mol. The van der Waals surface area contributed by atoms with Gasteiger partial charge in [-0.1, -0.05) is 0 Å². The Balaban J connectivity index is 3.03. The smallest absolute Gasteiger partial charge is 0.405 e. The first-order valence-corrected chi connectivity index (χ1v) is 5.92. The van der Waals surface area contributed by atoms with Gasteiger partial charge >= 0.3 is 12.1 Å². The quantitative estimate of drug-likeness (QED) is 0.832. The van der Waals surface area contributed by atoms with Crippen molar-refractivity contribution < 1.29 is 22.7 Å². The SMILES string of the molecule is CCOC(=O)c1sc(NCC(F)(F)F)c(C#N)c1N. The third-order valence-electron chi connectivity index (χ3n) is 1.97. The number of nitrogens with two attached hydrogens (primary N) is 1. The Labute approximate surface area is 110 Å². The average molecular weight is 293 g/mol. The maximum absolute atomic E-state index is 12.1. The predicted molar refractivity (Wildman–Crippen MR) is 63.9 cm³/mol. The number of ether oxygens (including phenoxy) is 1. The molecule has 0 saturated heterocycles. The minimum absolute atomic E-state index is 0.0805. The number of nitriles is 1. The van der Waals surface area contributed by atoms with Crippen LogP contribution >= 0.6 is 11.3 Å². The van der Waals surface area contributed by atoms with Crippen molar-refractivity contribution in [2.75, 3.05) is 24.2 Å². The highest BCUT2D eigenvalue weighted by Crippen LogP contribution is 2.36. The molecule has 1 aromatic rings. The maximum Gasteiger partial charge on any atom is 0.405 e. The number of rotatable bonds is 4. The lowest BCUT2D eigenvalue weighted by molar-refractivity contribution is -0.115. The Kier molecular flexibility index (Phi) is 4.61. The van der Waals surface area contributed by atoms with Crippen molar-refractivity contribution in [2.45, 2.75) is 13.1 Å². The Morgan fingerprint density at radius 2 is 2.21 bits per heavy atom.